The van der Waals surface area contributed by atoms with Gasteiger partial charge in [-0.3, -0.25) is 9.69 Å². The van der Waals surface area contributed by atoms with E-state index in [4.69, 9.17) is 17.3 Å². The van der Waals surface area contributed by atoms with Crippen LogP contribution in [0.25, 0.3) is 0 Å². The minimum atomic E-state index is -0.423. The first-order valence-corrected chi connectivity index (χ1v) is 6.63. The molecular formula is C13H17ClFN3O. The zero-order valence-corrected chi connectivity index (χ0v) is 11.3. The van der Waals surface area contributed by atoms with Gasteiger partial charge in [-0.2, -0.15) is 0 Å². The van der Waals surface area contributed by atoms with Crippen LogP contribution in [0.1, 0.15) is 6.42 Å². The monoisotopic (exact) mass is 285 g/mol. The summed E-state index contributed by atoms with van der Waals surface area (Å²) in [5.74, 6) is -0.0956. The molecule has 6 heteroatoms. The van der Waals surface area contributed by atoms with Crippen molar-refractivity contribution in [1.82, 2.24) is 4.90 Å². The first kappa shape index (κ1) is 14.2. The quantitative estimate of drug-likeness (QED) is 0.885. The molecule has 1 heterocycles. The third-order valence-electron chi connectivity index (χ3n) is 3.28. The number of halogens is 2. The average molecular weight is 286 g/mol. The topological polar surface area (TPSA) is 58.4 Å². The van der Waals surface area contributed by atoms with Gasteiger partial charge >= 0.3 is 0 Å². The van der Waals surface area contributed by atoms with E-state index in [1.165, 1.54) is 18.2 Å². The van der Waals surface area contributed by atoms with Gasteiger partial charge in [-0.05, 0) is 43.6 Å². The van der Waals surface area contributed by atoms with Crippen LogP contribution in [-0.2, 0) is 4.79 Å². The molecule has 1 amide bonds. The number of carbonyl (C=O) groups is 1. The molecule has 1 aliphatic rings. The van der Waals surface area contributed by atoms with E-state index < -0.39 is 5.82 Å². The molecule has 1 aromatic carbocycles. The number of nitrogens with zero attached hydrogens (tertiary/aromatic N) is 1. The van der Waals surface area contributed by atoms with Gasteiger partial charge in [0, 0.05) is 6.54 Å². The fourth-order valence-electron chi connectivity index (χ4n) is 2.23. The highest BCUT2D eigenvalue weighted by Gasteiger charge is 2.22. The highest BCUT2D eigenvalue weighted by Crippen LogP contribution is 2.22. The van der Waals surface area contributed by atoms with Crippen LogP contribution in [-0.4, -0.2) is 37.0 Å². The van der Waals surface area contributed by atoms with E-state index in [9.17, 15) is 9.18 Å². The predicted octanol–water partition coefficient (Wildman–Crippen LogP) is 1.70. The number of amides is 1. The second kappa shape index (κ2) is 6.32. The van der Waals surface area contributed by atoms with E-state index in [-0.39, 0.29) is 10.9 Å². The molecule has 1 atom stereocenters. The van der Waals surface area contributed by atoms with Crippen molar-refractivity contribution in [2.24, 2.45) is 11.7 Å². The summed E-state index contributed by atoms with van der Waals surface area (Å²) < 4.78 is 12.9. The van der Waals surface area contributed by atoms with Gasteiger partial charge in [0.1, 0.15) is 5.82 Å². The number of hydrogen-bond acceptors (Lipinski definition) is 3. The number of likely N-dealkylation sites (tertiary alicyclic amines) is 1. The van der Waals surface area contributed by atoms with Crippen LogP contribution < -0.4 is 11.1 Å². The molecule has 1 aromatic rings. The third-order valence-corrected chi connectivity index (χ3v) is 3.59. The van der Waals surface area contributed by atoms with Crippen LogP contribution in [0.15, 0.2) is 18.2 Å². The lowest BCUT2D eigenvalue weighted by Gasteiger charge is -2.15. The van der Waals surface area contributed by atoms with E-state index in [2.05, 4.69) is 10.2 Å². The average Bonchev–Trinajstić information content (AvgIpc) is 2.80. The second-order valence-corrected chi connectivity index (χ2v) is 5.21. The number of nitrogens with one attached hydrogen (secondary N) is 1. The molecule has 2 rings (SSSR count). The highest BCUT2D eigenvalue weighted by molar-refractivity contribution is 6.33. The summed E-state index contributed by atoms with van der Waals surface area (Å²) in [7, 11) is 0. The van der Waals surface area contributed by atoms with Gasteiger partial charge in [0.05, 0.1) is 17.3 Å². The summed E-state index contributed by atoms with van der Waals surface area (Å²) in [5.41, 5.74) is 6.04. The lowest BCUT2D eigenvalue weighted by atomic mass is 10.1. The normalized spacial score (nSPS) is 19.6. The molecule has 1 unspecified atom stereocenters. The molecule has 0 saturated carbocycles. The maximum Gasteiger partial charge on any atom is 0.238 e. The summed E-state index contributed by atoms with van der Waals surface area (Å²) in [6.07, 6.45) is 1.03. The number of nitrogens with two attached hydrogens (primary N) is 1. The van der Waals surface area contributed by atoms with E-state index >= 15 is 0 Å². The van der Waals surface area contributed by atoms with Crippen molar-refractivity contribution in [3.63, 3.8) is 0 Å². The van der Waals surface area contributed by atoms with Crippen molar-refractivity contribution in [2.45, 2.75) is 6.42 Å². The Balaban J connectivity index is 1.87. The van der Waals surface area contributed by atoms with E-state index in [0.717, 1.165) is 19.5 Å². The third kappa shape index (κ3) is 3.89. The Morgan fingerprint density at radius 3 is 3.00 bits per heavy atom. The Morgan fingerprint density at radius 1 is 1.58 bits per heavy atom. The van der Waals surface area contributed by atoms with Gasteiger partial charge in [-0.15, -0.1) is 0 Å². The SMILES string of the molecule is NCC1CCN(CC(=O)Nc2ccc(F)cc2Cl)C1. The van der Waals surface area contributed by atoms with Gasteiger partial charge in [0.2, 0.25) is 5.91 Å². The van der Waals surface area contributed by atoms with Crippen molar-refractivity contribution in [3.05, 3.63) is 29.0 Å². The van der Waals surface area contributed by atoms with E-state index in [1.807, 2.05) is 0 Å². The Labute approximate surface area is 116 Å². The van der Waals surface area contributed by atoms with Crippen LogP contribution >= 0.6 is 11.6 Å². The molecule has 1 saturated heterocycles. The maximum atomic E-state index is 12.9. The molecule has 0 radical (unpaired) electrons. The van der Waals surface area contributed by atoms with Crippen molar-refractivity contribution < 1.29 is 9.18 Å². The number of benzene rings is 1. The second-order valence-electron chi connectivity index (χ2n) is 4.80. The van der Waals surface area contributed by atoms with Crippen LogP contribution in [0, 0.1) is 11.7 Å². The van der Waals surface area contributed by atoms with E-state index in [0.29, 0.717) is 24.7 Å². The van der Waals surface area contributed by atoms with Crippen LogP contribution in [0.4, 0.5) is 10.1 Å². The molecule has 0 spiro atoms. The zero-order valence-electron chi connectivity index (χ0n) is 10.5. The molecule has 3 N–H and O–H groups in total. The van der Waals surface area contributed by atoms with Crippen LogP contribution in [0.3, 0.4) is 0 Å². The van der Waals surface area contributed by atoms with Crippen molar-refractivity contribution >= 4 is 23.2 Å². The standard InChI is InChI=1S/C13H17ClFN3O/c14-11-5-10(15)1-2-12(11)17-13(19)8-18-4-3-9(6-16)7-18/h1-2,5,9H,3-4,6-8,16H2,(H,17,19). The molecule has 0 aromatic heterocycles. The fraction of sp³-hybridized carbons (Fsp3) is 0.462. The van der Waals surface area contributed by atoms with Gasteiger partial charge in [-0.25, -0.2) is 4.39 Å². The van der Waals surface area contributed by atoms with Crippen molar-refractivity contribution in [2.75, 3.05) is 31.5 Å². The van der Waals surface area contributed by atoms with Crippen LogP contribution in [0.2, 0.25) is 5.02 Å². The molecule has 4 nitrogen and oxygen atoms in total. The number of rotatable bonds is 4. The molecule has 19 heavy (non-hydrogen) atoms. The molecule has 1 fully saturated rings. The lowest BCUT2D eigenvalue weighted by molar-refractivity contribution is -0.117. The van der Waals surface area contributed by atoms with Crippen LogP contribution in [0.5, 0.6) is 0 Å². The van der Waals surface area contributed by atoms with Gasteiger partial charge < -0.3 is 11.1 Å². The first-order valence-electron chi connectivity index (χ1n) is 6.26. The fourth-order valence-corrected chi connectivity index (χ4v) is 2.45. The molecule has 0 bridgehead atoms. The van der Waals surface area contributed by atoms with Crippen molar-refractivity contribution in [3.8, 4) is 0 Å². The summed E-state index contributed by atoms with van der Waals surface area (Å²) in [6, 6.07) is 3.90. The summed E-state index contributed by atoms with van der Waals surface area (Å²) in [6.45, 7) is 2.69. The van der Waals surface area contributed by atoms with Crippen molar-refractivity contribution in [1.29, 1.82) is 0 Å². The summed E-state index contributed by atoms with van der Waals surface area (Å²) in [4.78, 5) is 13.9. The smallest absolute Gasteiger partial charge is 0.238 e. The Kier molecular flexibility index (Phi) is 4.74. The van der Waals surface area contributed by atoms with E-state index in [1.54, 1.807) is 0 Å². The maximum absolute atomic E-state index is 12.9. The largest absolute Gasteiger partial charge is 0.330 e. The highest BCUT2D eigenvalue weighted by atomic mass is 35.5. The number of anilines is 1. The number of hydrogen-bond donors (Lipinski definition) is 2. The number of carbonyl (C=O) groups excluding carboxylic acids is 1. The van der Waals surface area contributed by atoms with Gasteiger partial charge in [0.25, 0.3) is 0 Å². The van der Waals surface area contributed by atoms with Gasteiger partial charge in [-0.1, -0.05) is 11.6 Å². The zero-order chi connectivity index (χ0) is 13.8. The molecule has 1 aliphatic heterocycles. The summed E-state index contributed by atoms with van der Waals surface area (Å²) >= 11 is 5.85. The first-order chi connectivity index (χ1) is 9.08. The molecule has 0 aliphatic carbocycles. The molecule has 104 valence electrons. The van der Waals surface area contributed by atoms with Gasteiger partial charge in [0.15, 0.2) is 0 Å². The Bertz CT molecular complexity index is 469. The summed E-state index contributed by atoms with van der Waals surface area (Å²) in [5, 5.41) is 2.89. The minimum Gasteiger partial charge on any atom is -0.330 e. The lowest BCUT2D eigenvalue weighted by Crippen LogP contribution is -2.32. The molecular weight excluding hydrogens is 269 g/mol. The Hall–Kier alpha value is -1.17. The predicted molar refractivity (Wildman–Crippen MR) is 73.6 cm³/mol. The minimum absolute atomic E-state index is 0.147. The Morgan fingerprint density at radius 2 is 2.37 bits per heavy atom.